The van der Waals surface area contributed by atoms with Gasteiger partial charge in [-0.15, -0.1) is 0 Å². The molecule has 0 radical (unpaired) electrons. The van der Waals surface area contributed by atoms with Crippen molar-refractivity contribution >= 4 is 48.8 Å². The molecule has 0 spiro atoms. The van der Waals surface area contributed by atoms with E-state index in [1.165, 1.54) is 11.1 Å². The summed E-state index contributed by atoms with van der Waals surface area (Å²) in [6.07, 6.45) is 4.43. The Hall–Kier alpha value is -0.590. The van der Waals surface area contributed by atoms with Gasteiger partial charge in [-0.3, -0.25) is 0 Å². The van der Waals surface area contributed by atoms with Gasteiger partial charge in [0.2, 0.25) is 5.95 Å². The molecule has 2 aromatic rings. The second-order valence-electron chi connectivity index (χ2n) is 6.82. The Morgan fingerprint density at radius 1 is 1.26 bits per heavy atom. The first-order valence-corrected chi connectivity index (χ1v) is 9.85. The molecule has 126 valence electrons. The minimum Gasteiger partial charge on any atom is -0.353 e. The zero-order chi connectivity index (χ0) is 16.7. The van der Waals surface area contributed by atoms with E-state index in [0.29, 0.717) is 18.1 Å². The monoisotopic (exact) mass is 442 g/mol. The van der Waals surface area contributed by atoms with Crippen LogP contribution >= 0.6 is 31.9 Å². The maximum absolute atomic E-state index is 6.02. The van der Waals surface area contributed by atoms with Crippen LogP contribution in [0.4, 0.5) is 5.95 Å². The van der Waals surface area contributed by atoms with Crippen molar-refractivity contribution in [1.29, 1.82) is 0 Å². The number of hydrogen-bond donors (Lipinski definition) is 2. The number of nitrogens with two attached hydrogens (primary N) is 1. The lowest BCUT2D eigenvalue weighted by molar-refractivity contribution is 0.408. The maximum Gasteiger partial charge on any atom is 0.204 e. The van der Waals surface area contributed by atoms with E-state index in [1.54, 1.807) is 0 Å². The summed E-state index contributed by atoms with van der Waals surface area (Å²) < 4.78 is 4.45. The number of aryl methyl sites for hydroxylation is 1. The predicted octanol–water partition coefficient (Wildman–Crippen LogP) is 5.13. The Labute approximate surface area is 154 Å². The molecule has 1 fully saturated rings. The average Bonchev–Trinajstić information content (AvgIpc) is 2.85. The highest BCUT2D eigenvalue weighted by molar-refractivity contribution is 9.13. The molecule has 23 heavy (non-hydrogen) atoms. The molecular weight excluding hydrogens is 420 g/mol. The van der Waals surface area contributed by atoms with Gasteiger partial charge in [0.25, 0.3) is 0 Å². The molecular formula is C17H24Br2N4. The molecule has 0 saturated heterocycles. The van der Waals surface area contributed by atoms with E-state index < -0.39 is 0 Å². The third kappa shape index (κ3) is 3.30. The van der Waals surface area contributed by atoms with E-state index in [2.05, 4.69) is 68.6 Å². The summed E-state index contributed by atoms with van der Waals surface area (Å²) in [5.74, 6) is 0.976. The van der Waals surface area contributed by atoms with Crippen molar-refractivity contribution < 1.29 is 0 Å². The first kappa shape index (κ1) is 17.2. The summed E-state index contributed by atoms with van der Waals surface area (Å²) in [6, 6.07) is 3.34. The van der Waals surface area contributed by atoms with Crippen LogP contribution in [0, 0.1) is 6.92 Å². The number of nitrogens with zero attached hydrogens (tertiary/aromatic N) is 2. The number of halogens is 2. The molecule has 1 saturated carbocycles. The van der Waals surface area contributed by atoms with Crippen LogP contribution < -0.4 is 11.1 Å². The van der Waals surface area contributed by atoms with Gasteiger partial charge < -0.3 is 15.6 Å². The van der Waals surface area contributed by atoms with Gasteiger partial charge in [0.05, 0.1) is 11.0 Å². The molecule has 0 bridgehead atoms. The Morgan fingerprint density at radius 2 is 1.91 bits per heavy atom. The Bertz CT molecular complexity index is 715. The zero-order valence-corrected chi connectivity index (χ0v) is 17.0. The second kappa shape index (κ2) is 6.73. The molecule has 1 aliphatic rings. The van der Waals surface area contributed by atoms with Crippen molar-refractivity contribution in [3.63, 3.8) is 0 Å². The molecule has 1 aromatic carbocycles. The van der Waals surface area contributed by atoms with Gasteiger partial charge in [-0.25, -0.2) is 4.98 Å². The largest absolute Gasteiger partial charge is 0.353 e. The molecule has 1 heterocycles. The van der Waals surface area contributed by atoms with Crippen molar-refractivity contribution in [2.75, 3.05) is 5.32 Å². The quantitative estimate of drug-likeness (QED) is 0.690. The van der Waals surface area contributed by atoms with Crippen LogP contribution in [0.1, 0.15) is 51.1 Å². The molecule has 0 atom stereocenters. The van der Waals surface area contributed by atoms with Crippen LogP contribution in [0.5, 0.6) is 0 Å². The molecule has 3 rings (SSSR count). The van der Waals surface area contributed by atoms with Crippen LogP contribution in [-0.4, -0.2) is 21.6 Å². The van der Waals surface area contributed by atoms with Crippen LogP contribution in [0.2, 0.25) is 0 Å². The predicted molar refractivity (Wildman–Crippen MR) is 104 cm³/mol. The first-order valence-electron chi connectivity index (χ1n) is 8.27. The second-order valence-corrected chi connectivity index (χ2v) is 8.47. The standard InChI is InChI=1S/C17H24Br2N4/c1-9(2)23-14-8-13(18)15(19)10(3)16(14)22-17(23)21-12-6-4-11(20)5-7-12/h8-9,11-12H,4-7,20H2,1-3H3,(H,21,22). The Balaban J connectivity index is 2.02. The van der Waals surface area contributed by atoms with Crippen molar-refractivity contribution in [3.05, 3.63) is 20.6 Å². The number of imidazole rings is 1. The third-order valence-corrected chi connectivity index (χ3v) is 6.91. The first-order chi connectivity index (χ1) is 10.9. The summed E-state index contributed by atoms with van der Waals surface area (Å²) >= 11 is 7.29. The highest BCUT2D eigenvalue weighted by atomic mass is 79.9. The normalized spacial score (nSPS) is 22.0. The minimum atomic E-state index is 0.348. The Morgan fingerprint density at radius 3 is 2.52 bits per heavy atom. The molecule has 0 unspecified atom stereocenters. The minimum absolute atomic E-state index is 0.348. The van der Waals surface area contributed by atoms with E-state index in [4.69, 9.17) is 10.7 Å². The molecule has 3 N–H and O–H groups in total. The number of anilines is 1. The highest BCUT2D eigenvalue weighted by Gasteiger charge is 2.23. The summed E-state index contributed by atoms with van der Waals surface area (Å²) in [4.78, 5) is 4.92. The van der Waals surface area contributed by atoms with Crippen LogP contribution in [0.15, 0.2) is 15.0 Å². The van der Waals surface area contributed by atoms with Crippen LogP contribution in [0.25, 0.3) is 11.0 Å². The van der Waals surface area contributed by atoms with Crippen molar-refractivity contribution in [2.45, 2.75) is 64.6 Å². The Kier molecular flexibility index (Phi) is 5.04. The number of hydrogen-bond acceptors (Lipinski definition) is 3. The smallest absolute Gasteiger partial charge is 0.204 e. The van der Waals surface area contributed by atoms with E-state index >= 15 is 0 Å². The number of rotatable bonds is 3. The lowest BCUT2D eigenvalue weighted by atomic mass is 9.92. The van der Waals surface area contributed by atoms with Crippen LogP contribution in [-0.2, 0) is 0 Å². The summed E-state index contributed by atoms with van der Waals surface area (Å²) in [7, 11) is 0. The summed E-state index contributed by atoms with van der Waals surface area (Å²) in [5, 5.41) is 3.67. The number of nitrogens with one attached hydrogen (secondary N) is 1. The fourth-order valence-corrected chi connectivity index (χ4v) is 4.21. The SMILES string of the molecule is Cc1c(Br)c(Br)cc2c1nc(NC1CCC(N)CC1)n2C(C)C. The van der Waals surface area contributed by atoms with Gasteiger partial charge in [0.15, 0.2) is 0 Å². The fourth-order valence-electron chi connectivity index (χ4n) is 3.40. The zero-order valence-electron chi connectivity index (χ0n) is 13.9. The van der Waals surface area contributed by atoms with Gasteiger partial charge in [0, 0.05) is 27.1 Å². The van der Waals surface area contributed by atoms with E-state index in [9.17, 15) is 0 Å². The van der Waals surface area contributed by atoms with Gasteiger partial charge in [-0.1, -0.05) is 0 Å². The fraction of sp³-hybridized carbons (Fsp3) is 0.588. The maximum atomic E-state index is 6.02. The van der Waals surface area contributed by atoms with Crippen molar-refractivity contribution in [2.24, 2.45) is 5.73 Å². The van der Waals surface area contributed by atoms with E-state index in [0.717, 1.165) is 46.1 Å². The molecule has 4 nitrogen and oxygen atoms in total. The van der Waals surface area contributed by atoms with Gasteiger partial charge >= 0.3 is 0 Å². The van der Waals surface area contributed by atoms with Crippen molar-refractivity contribution in [3.8, 4) is 0 Å². The number of aromatic nitrogens is 2. The van der Waals surface area contributed by atoms with E-state index in [1.807, 2.05) is 0 Å². The van der Waals surface area contributed by atoms with Crippen molar-refractivity contribution in [1.82, 2.24) is 9.55 Å². The number of benzene rings is 1. The number of fused-ring (bicyclic) bond motifs is 1. The van der Waals surface area contributed by atoms with Gasteiger partial charge in [0.1, 0.15) is 0 Å². The molecule has 1 aliphatic carbocycles. The highest BCUT2D eigenvalue weighted by Crippen LogP contribution is 2.36. The average molecular weight is 444 g/mol. The summed E-state index contributed by atoms with van der Waals surface area (Å²) in [6.45, 7) is 6.51. The van der Waals surface area contributed by atoms with Gasteiger partial charge in [-0.2, -0.15) is 0 Å². The topological polar surface area (TPSA) is 55.9 Å². The van der Waals surface area contributed by atoms with E-state index in [-0.39, 0.29) is 0 Å². The lowest BCUT2D eigenvalue weighted by Crippen LogP contribution is -2.33. The summed E-state index contributed by atoms with van der Waals surface area (Å²) in [5.41, 5.74) is 9.42. The van der Waals surface area contributed by atoms with Gasteiger partial charge in [-0.05, 0) is 89.9 Å². The molecule has 0 amide bonds. The third-order valence-electron chi connectivity index (χ3n) is 4.73. The molecule has 0 aliphatic heterocycles. The lowest BCUT2D eigenvalue weighted by Gasteiger charge is -2.27. The molecule has 6 heteroatoms. The van der Waals surface area contributed by atoms with Crippen LogP contribution in [0.3, 0.4) is 0 Å². The molecule has 1 aromatic heterocycles.